The third-order valence-electron chi connectivity index (χ3n) is 3.58. The molecule has 0 aromatic carbocycles. The largest absolute Gasteiger partial charge is 0.391 e. The molecule has 1 atom stereocenters. The van der Waals surface area contributed by atoms with Gasteiger partial charge in [-0.15, -0.1) is 0 Å². The number of rotatable bonds is 5. The zero-order chi connectivity index (χ0) is 16.4. The van der Waals surface area contributed by atoms with E-state index in [4.69, 9.17) is 0 Å². The van der Waals surface area contributed by atoms with Crippen LogP contribution in [0.1, 0.15) is 42.0 Å². The highest BCUT2D eigenvalue weighted by molar-refractivity contribution is 6.06. The number of carbonyl (C=O) groups is 1. The molecule has 0 spiro atoms. The molecule has 0 fully saturated rings. The van der Waals surface area contributed by atoms with E-state index in [9.17, 15) is 9.90 Å². The minimum Gasteiger partial charge on any atom is -0.391 e. The standard InChI is InChI=1S/C16H24N4O2/c1-9(2)6-12(21)8-17-16(22)13-7-10(3)18-15-14(13)11(4)19-20(15)5/h7,9,12,21H,6,8H2,1-5H3,(H,17,22). The van der Waals surface area contributed by atoms with Gasteiger partial charge in [0.1, 0.15) is 0 Å². The van der Waals surface area contributed by atoms with Crippen LogP contribution in [0.5, 0.6) is 0 Å². The summed E-state index contributed by atoms with van der Waals surface area (Å²) in [6.45, 7) is 8.05. The normalized spacial score (nSPS) is 12.9. The number of nitrogens with zero attached hydrogens (tertiary/aromatic N) is 3. The van der Waals surface area contributed by atoms with Crippen molar-refractivity contribution in [1.82, 2.24) is 20.1 Å². The van der Waals surface area contributed by atoms with Crippen LogP contribution in [0, 0.1) is 19.8 Å². The number of aryl methyl sites for hydroxylation is 3. The first kappa shape index (κ1) is 16.4. The summed E-state index contributed by atoms with van der Waals surface area (Å²) in [7, 11) is 1.82. The van der Waals surface area contributed by atoms with Crippen LogP contribution < -0.4 is 5.32 Å². The van der Waals surface area contributed by atoms with E-state index >= 15 is 0 Å². The Hall–Kier alpha value is -1.95. The monoisotopic (exact) mass is 304 g/mol. The van der Waals surface area contributed by atoms with Crippen molar-refractivity contribution < 1.29 is 9.90 Å². The second-order valence-corrected chi connectivity index (χ2v) is 6.21. The van der Waals surface area contributed by atoms with Gasteiger partial charge in [-0.2, -0.15) is 5.10 Å². The Morgan fingerprint density at radius 1 is 1.41 bits per heavy atom. The molecule has 0 saturated heterocycles. The number of nitrogens with one attached hydrogen (secondary N) is 1. The molecule has 0 aliphatic heterocycles. The third-order valence-corrected chi connectivity index (χ3v) is 3.58. The number of amides is 1. The fourth-order valence-corrected chi connectivity index (χ4v) is 2.68. The van der Waals surface area contributed by atoms with Gasteiger partial charge in [0.05, 0.1) is 22.7 Å². The lowest BCUT2D eigenvalue weighted by Crippen LogP contribution is -2.33. The van der Waals surface area contributed by atoms with Crippen LogP contribution in [-0.4, -0.2) is 38.4 Å². The van der Waals surface area contributed by atoms with Crippen molar-refractivity contribution in [2.45, 2.75) is 40.2 Å². The van der Waals surface area contributed by atoms with Gasteiger partial charge in [-0.1, -0.05) is 13.8 Å². The Balaban J connectivity index is 2.25. The molecule has 2 aromatic heterocycles. The molecule has 1 unspecified atom stereocenters. The van der Waals surface area contributed by atoms with Gasteiger partial charge in [-0.05, 0) is 32.3 Å². The molecule has 2 rings (SSSR count). The van der Waals surface area contributed by atoms with Crippen LogP contribution >= 0.6 is 0 Å². The smallest absolute Gasteiger partial charge is 0.252 e. The van der Waals surface area contributed by atoms with E-state index in [2.05, 4.69) is 15.4 Å². The Labute approximate surface area is 130 Å². The molecule has 2 heterocycles. The highest BCUT2D eigenvalue weighted by Gasteiger charge is 2.18. The van der Waals surface area contributed by atoms with E-state index in [-0.39, 0.29) is 12.5 Å². The van der Waals surface area contributed by atoms with Crippen LogP contribution in [-0.2, 0) is 7.05 Å². The number of aromatic nitrogens is 3. The van der Waals surface area contributed by atoms with Gasteiger partial charge in [0.2, 0.25) is 0 Å². The molecule has 6 heteroatoms. The summed E-state index contributed by atoms with van der Waals surface area (Å²) < 4.78 is 1.68. The molecule has 6 nitrogen and oxygen atoms in total. The molecular formula is C16H24N4O2. The zero-order valence-electron chi connectivity index (χ0n) is 13.8. The van der Waals surface area contributed by atoms with Crippen molar-refractivity contribution in [1.29, 1.82) is 0 Å². The summed E-state index contributed by atoms with van der Waals surface area (Å²) in [4.78, 5) is 16.9. The van der Waals surface area contributed by atoms with Gasteiger partial charge in [0.15, 0.2) is 5.65 Å². The lowest BCUT2D eigenvalue weighted by molar-refractivity contribution is 0.0901. The highest BCUT2D eigenvalue weighted by Crippen LogP contribution is 2.21. The van der Waals surface area contributed by atoms with E-state index in [1.807, 2.05) is 34.7 Å². The first-order valence-electron chi connectivity index (χ1n) is 7.56. The molecule has 0 aliphatic carbocycles. The second kappa shape index (κ2) is 6.44. The molecule has 2 aromatic rings. The number of hydrogen-bond donors (Lipinski definition) is 2. The van der Waals surface area contributed by atoms with Crippen molar-refractivity contribution in [2.75, 3.05) is 6.54 Å². The fraction of sp³-hybridized carbons (Fsp3) is 0.562. The van der Waals surface area contributed by atoms with Gasteiger partial charge in [0.25, 0.3) is 5.91 Å². The summed E-state index contributed by atoms with van der Waals surface area (Å²) in [5.74, 6) is 0.191. The van der Waals surface area contributed by atoms with Crippen LogP contribution in [0.3, 0.4) is 0 Å². The summed E-state index contributed by atoms with van der Waals surface area (Å²) in [5, 5.41) is 17.8. The molecular weight excluding hydrogens is 280 g/mol. The van der Waals surface area contributed by atoms with E-state index in [0.717, 1.165) is 16.8 Å². The lowest BCUT2D eigenvalue weighted by Gasteiger charge is -2.14. The quantitative estimate of drug-likeness (QED) is 0.881. The molecule has 1 amide bonds. The van der Waals surface area contributed by atoms with Gasteiger partial charge in [-0.3, -0.25) is 9.48 Å². The Morgan fingerprint density at radius 2 is 2.09 bits per heavy atom. The van der Waals surface area contributed by atoms with Gasteiger partial charge < -0.3 is 10.4 Å². The van der Waals surface area contributed by atoms with E-state index in [0.29, 0.717) is 23.5 Å². The minimum atomic E-state index is -0.530. The fourth-order valence-electron chi connectivity index (χ4n) is 2.68. The SMILES string of the molecule is Cc1cc(C(=O)NCC(O)CC(C)C)c2c(C)nn(C)c2n1. The third kappa shape index (κ3) is 3.44. The van der Waals surface area contributed by atoms with Crippen molar-refractivity contribution in [3.8, 4) is 0 Å². The first-order chi connectivity index (χ1) is 10.3. The predicted octanol–water partition coefficient (Wildman–Crippen LogP) is 1.72. The topological polar surface area (TPSA) is 80.0 Å². The number of aliphatic hydroxyl groups excluding tert-OH is 1. The molecule has 120 valence electrons. The van der Waals surface area contributed by atoms with Gasteiger partial charge >= 0.3 is 0 Å². The Morgan fingerprint density at radius 3 is 2.73 bits per heavy atom. The molecule has 0 radical (unpaired) electrons. The molecule has 2 N–H and O–H groups in total. The van der Waals surface area contributed by atoms with Crippen molar-refractivity contribution in [3.05, 3.63) is 23.0 Å². The van der Waals surface area contributed by atoms with Crippen LogP contribution in [0.2, 0.25) is 0 Å². The summed E-state index contributed by atoms with van der Waals surface area (Å²) >= 11 is 0. The average molecular weight is 304 g/mol. The van der Waals surface area contributed by atoms with E-state index in [1.54, 1.807) is 10.7 Å². The number of fused-ring (bicyclic) bond motifs is 1. The highest BCUT2D eigenvalue weighted by atomic mass is 16.3. The van der Waals surface area contributed by atoms with Crippen LogP contribution in [0.15, 0.2) is 6.07 Å². The van der Waals surface area contributed by atoms with Crippen molar-refractivity contribution >= 4 is 16.9 Å². The van der Waals surface area contributed by atoms with Crippen molar-refractivity contribution in [3.63, 3.8) is 0 Å². The van der Waals surface area contributed by atoms with Crippen LogP contribution in [0.4, 0.5) is 0 Å². The first-order valence-corrected chi connectivity index (χ1v) is 7.56. The van der Waals surface area contributed by atoms with E-state index < -0.39 is 6.10 Å². The predicted molar refractivity (Wildman–Crippen MR) is 85.8 cm³/mol. The van der Waals surface area contributed by atoms with Crippen molar-refractivity contribution in [2.24, 2.45) is 13.0 Å². The number of hydrogen-bond acceptors (Lipinski definition) is 4. The Kier molecular flexibility index (Phi) is 4.81. The Bertz CT molecular complexity index is 691. The van der Waals surface area contributed by atoms with Gasteiger partial charge in [0, 0.05) is 19.3 Å². The number of pyridine rings is 1. The average Bonchev–Trinajstić information content (AvgIpc) is 2.69. The van der Waals surface area contributed by atoms with E-state index in [1.165, 1.54) is 0 Å². The van der Waals surface area contributed by atoms with Crippen LogP contribution in [0.25, 0.3) is 11.0 Å². The maximum Gasteiger partial charge on any atom is 0.252 e. The number of carbonyl (C=O) groups excluding carboxylic acids is 1. The molecule has 0 saturated carbocycles. The zero-order valence-corrected chi connectivity index (χ0v) is 13.8. The maximum atomic E-state index is 12.5. The molecule has 22 heavy (non-hydrogen) atoms. The summed E-state index contributed by atoms with van der Waals surface area (Å²) in [5.41, 5.74) is 2.80. The number of aliphatic hydroxyl groups is 1. The molecule has 0 bridgehead atoms. The summed E-state index contributed by atoms with van der Waals surface area (Å²) in [6, 6.07) is 1.77. The second-order valence-electron chi connectivity index (χ2n) is 6.21. The minimum absolute atomic E-state index is 0.200. The van der Waals surface area contributed by atoms with Gasteiger partial charge in [-0.25, -0.2) is 4.98 Å². The molecule has 0 aliphatic rings. The lowest BCUT2D eigenvalue weighted by atomic mass is 10.1. The summed E-state index contributed by atoms with van der Waals surface area (Å²) in [6.07, 6.45) is 0.133. The maximum absolute atomic E-state index is 12.5.